The number of hydrogen-bond acceptors (Lipinski definition) is 5. The quantitative estimate of drug-likeness (QED) is 0.801. The SMILES string of the molecule is CNC(=O)C[C@@H]1COc2cc(Cl)ccc2N1C(=O)c1ccc2c(c1)NC(=O)CO2. The van der Waals surface area contributed by atoms with Gasteiger partial charge in [0.05, 0.1) is 23.8 Å². The van der Waals surface area contributed by atoms with E-state index in [9.17, 15) is 14.4 Å². The normalized spacial score (nSPS) is 17.2. The lowest BCUT2D eigenvalue weighted by molar-refractivity contribution is -0.121. The molecule has 3 amide bonds. The molecule has 0 aromatic heterocycles. The summed E-state index contributed by atoms with van der Waals surface area (Å²) in [6, 6.07) is 9.31. The number of hydrogen-bond donors (Lipinski definition) is 2. The van der Waals surface area contributed by atoms with Crippen LogP contribution in [-0.4, -0.2) is 44.0 Å². The number of carbonyl (C=O) groups is 3. The van der Waals surface area contributed by atoms with E-state index in [1.807, 2.05) is 0 Å². The molecule has 2 aromatic carbocycles. The number of rotatable bonds is 3. The molecule has 0 saturated heterocycles. The molecule has 0 saturated carbocycles. The van der Waals surface area contributed by atoms with Crippen LogP contribution >= 0.6 is 11.6 Å². The Balaban J connectivity index is 1.72. The summed E-state index contributed by atoms with van der Waals surface area (Å²) in [7, 11) is 1.54. The first-order valence-electron chi connectivity index (χ1n) is 8.99. The van der Waals surface area contributed by atoms with Crippen LogP contribution in [0, 0.1) is 0 Å². The lowest BCUT2D eigenvalue weighted by Gasteiger charge is -2.37. The summed E-state index contributed by atoms with van der Waals surface area (Å²) < 4.78 is 11.1. The maximum Gasteiger partial charge on any atom is 0.262 e. The van der Waals surface area contributed by atoms with E-state index in [-0.39, 0.29) is 37.4 Å². The van der Waals surface area contributed by atoms with Gasteiger partial charge in [-0.05, 0) is 30.3 Å². The molecular formula is C20H18ClN3O5. The molecule has 2 aromatic rings. The molecule has 0 bridgehead atoms. The molecule has 29 heavy (non-hydrogen) atoms. The van der Waals surface area contributed by atoms with Crippen LogP contribution in [0.4, 0.5) is 11.4 Å². The largest absolute Gasteiger partial charge is 0.489 e. The van der Waals surface area contributed by atoms with Crippen molar-refractivity contribution in [2.45, 2.75) is 12.5 Å². The van der Waals surface area contributed by atoms with Gasteiger partial charge in [0.1, 0.15) is 18.1 Å². The predicted molar refractivity (Wildman–Crippen MR) is 107 cm³/mol. The van der Waals surface area contributed by atoms with Crippen molar-refractivity contribution in [3.05, 3.63) is 47.0 Å². The van der Waals surface area contributed by atoms with Gasteiger partial charge >= 0.3 is 0 Å². The molecule has 2 aliphatic heterocycles. The number of nitrogens with one attached hydrogen (secondary N) is 2. The second kappa shape index (κ2) is 7.63. The zero-order chi connectivity index (χ0) is 20.5. The molecule has 8 nitrogen and oxygen atoms in total. The molecule has 2 N–H and O–H groups in total. The third-order valence-electron chi connectivity index (χ3n) is 4.76. The molecule has 0 aliphatic carbocycles. The van der Waals surface area contributed by atoms with Gasteiger partial charge in [0, 0.05) is 23.7 Å². The highest BCUT2D eigenvalue weighted by Crippen LogP contribution is 2.38. The van der Waals surface area contributed by atoms with Crippen LogP contribution in [0.5, 0.6) is 11.5 Å². The van der Waals surface area contributed by atoms with E-state index in [0.717, 1.165) is 0 Å². The number of nitrogens with zero attached hydrogens (tertiary/aromatic N) is 1. The molecule has 2 heterocycles. The second-order valence-corrected chi connectivity index (χ2v) is 7.11. The standard InChI is InChI=1S/C20H18ClN3O5/c1-22-18(25)8-13-9-28-17-7-12(21)3-4-15(17)24(13)20(27)11-2-5-16-14(6-11)23-19(26)10-29-16/h2-7,13H,8-10H2,1H3,(H,22,25)(H,23,26)/t13-/m1/s1. The number of anilines is 2. The Morgan fingerprint density at radius 3 is 2.83 bits per heavy atom. The molecule has 0 radical (unpaired) electrons. The molecule has 0 unspecified atom stereocenters. The summed E-state index contributed by atoms with van der Waals surface area (Å²) in [5, 5.41) is 5.75. The molecule has 2 aliphatic rings. The highest BCUT2D eigenvalue weighted by atomic mass is 35.5. The smallest absolute Gasteiger partial charge is 0.262 e. The molecule has 150 valence electrons. The minimum Gasteiger partial charge on any atom is -0.489 e. The monoisotopic (exact) mass is 415 g/mol. The van der Waals surface area contributed by atoms with Crippen molar-refractivity contribution in [2.75, 3.05) is 30.5 Å². The number of amides is 3. The zero-order valence-corrected chi connectivity index (χ0v) is 16.3. The van der Waals surface area contributed by atoms with Crippen LogP contribution < -0.4 is 25.0 Å². The van der Waals surface area contributed by atoms with Gasteiger partial charge in [-0.3, -0.25) is 19.3 Å². The molecule has 0 fully saturated rings. The third-order valence-corrected chi connectivity index (χ3v) is 4.99. The van der Waals surface area contributed by atoms with Crippen LogP contribution in [0.3, 0.4) is 0 Å². The molecular weight excluding hydrogens is 398 g/mol. The first kappa shape index (κ1) is 19.1. The number of benzene rings is 2. The highest BCUT2D eigenvalue weighted by molar-refractivity contribution is 6.31. The van der Waals surface area contributed by atoms with Crippen molar-refractivity contribution in [3.8, 4) is 11.5 Å². The van der Waals surface area contributed by atoms with Crippen LogP contribution in [0.1, 0.15) is 16.8 Å². The van der Waals surface area contributed by atoms with Crippen LogP contribution in [0.2, 0.25) is 5.02 Å². The summed E-state index contributed by atoms with van der Waals surface area (Å²) in [6.45, 7) is 0.0867. The Morgan fingerprint density at radius 2 is 2.03 bits per heavy atom. The summed E-state index contributed by atoms with van der Waals surface area (Å²) in [5.74, 6) is 0.144. The van der Waals surface area contributed by atoms with Crippen molar-refractivity contribution >= 4 is 40.7 Å². The maximum atomic E-state index is 13.4. The molecule has 0 spiro atoms. The van der Waals surface area contributed by atoms with Gasteiger partial charge in [0.15, 0.2) is 6.61 Å². The van der Waals surface area contributed by atoms with E-state index in [1.165, 1.54) is 11.9 Å². The molecule has 4 rings (SSSR count). The number of halogens is 1. The number of fused-ring (bicyclic) bond motifs is 2. The van der Waals surface area contributed by atoms with Crippen molar-refractivity contribution in [1.82, 2.24) is 5.32 Å². The maximum absolute atomic E-state index is 13.4. The summed E-state index contributed by atoms with van der Waals surface area (Å²) in [6.07, 6.45) is 0.0785. The number of carbonyl (C=O) groups excluding carboxylic acids is 3. The van der Waals surface area contributed by atoms with Gasteiger partial charge in [-0.25, -0.2) is 0 Å². The van der Waals surface area contributed by atoms with Crippen molar-refractivity contribution < 1.29 is 23.9 Å². The Morgan fingerprint density at radius 1 is 1.21 bits per heavy atom. The minimum atomic E-state index is -0.502. The van der Waals surface area contributed by atoms with Gasteiger partial charge in [-0.2, -0.15) is 0 Å². The highest BCUT2D eigenvalue weighted by Gasteiger charge is 2.35. The Bertz CT molecular complexity index is 1010. The van der Waals surface area contributed by atoms with Crippen LogP contribution in [0.15, 0.2) is 36.4 Å². The van der Waals surface area contributed by atoms with Crippen molar-refractivity contribution in [3.63, 3.8) is 0 Å². The lowest BCUT2D eigenvalue weighted by Crippen LogP contribution is -2.49. The fraction of sp³-hybridized carbons (Fsp3) is 0.250. The molecule has 1 atom stereocenters. The van der Waals surface area contributed by atoms with E-state index >= 15 is 0 Å². The fourth-order valence-corrected chi connectivity index (χ4v) is 3.52. The summed E-state index contributed by atoms with van der Waals surface area (Å²) in [5.41, 5.74) is 1.30. The Kier molecular flexibility index (Phi) is 5.02. The topological polar surface area (TPSA) is 97.0 Å². The third kappa shape index (κ3) is 3.71. The van der Waals surface area contributed by atoms with Gasteiger partial charge in [0.2, 0.25) is 5.91 Å². The fourth-order valence-electron chi connectivity index (χ4n) is 3.36. The van der Waals surface area contributed by atoms with E-state index in [0.29, 0.717) is 33.5 Å². The molecule has 9 heteroatoms. The Hall–Kier alpha value is -3.26. The van der Waals surface area contributed by atoms with E-state index < -0.39 is 6.04 Å². The minimum absolute atomic E-state index is 0.0634. The van der Waals surface area contributed by atoms with E-state index in [4.69, 9.17) is 21.1 Å². The summed E-state index contributed by atoms with van der Waals surface area (Å²) in [4.78, 5) is 38.6. The second-order valence-electron chi connectivity index (χ2n) is 6.68. The first-order valence-corrected chi connectivity index (χ1v) is 9.37. The number of ether oxygens (including phenoxy) is 2. The van der Waals surface area contributed by atoms with Gasteiger partial charge < -0.3 is 20.1 Å². The average molecular weight is 416 g/mol. The predicted octanol–water partition coefficient (Wildman–Crippen LogP) is 2.21. The van der Waals surface area contributed by atoms with Gasteiger partial charge in [0.25, 0.3) is 11.8 Å². The summed E-state index contributed by atoms with van der Waals surface area (Å²) >= 11 is 6.06. The van der Waals surface area contributed by atoms with Crippen LogP contribution in [0.25, 0.3) is 0 Å². The average Bonchev–Trinajstić information content (AvgIpc) is 2.72. The Labute approximate surface area is 171 Å². The van der Waals surface area contributed by atoms with Crippen LogP contribution in [-0.2, 0) is 9.59 Å². The van der Waals surface area contributed by atoms with Crippen molar-refractivity contribution in [2.24, 2.45) is 0 Å². The van der Waals surface area contributed by atoms with E-state index in [2.05, 4.69) is 10.6 Å². The first-order chi connectivity index (χ1) is 14.0. The zero-order valence-electron chi connectivity index (χ0n) is 15.5. The van der Waals surface area contributed by atoms with Crippen molar-refractivity contribution in [1.29, 1.82) is 0 Å². The van der Waals surface area contributed by atoms with Gasteiger partial charge in [-0.15, -0.1) is 0 Å². The van der Waals surface area contributed by atoms with Gasteiger partial charge in [-0.1, -0.05) is 11.6 Å². The van der Waals surface area contributed by atoms with E-state index in [1.54, 1.807) is 36.4 Å². The lowest BCUT2D eigenvalue weighted by atomic mass is 10.0.